The Morgan fingerprint density at radius 1 is 1.44 bits per heavy atom. The Balaban J connectivity index is 2.31. The minimum absolute atomic E-state index is 0.402. The first-order chi connectivity index (χ1) is 8.65. The van der Waals surface area contributed by atoms with Crippen LogP contribution in [0.5, 0.6) is 0 Å². The zero-order chi connectivity index (χ0) is 13.1. The first kappa shape index (κ1) is 13.6. The number of imidazole rings is 1. The van der Waals surface area contributed by atoms with E-state index in [-0.39, 0.29) is 0 Å². The van der Waals surface area contributed by atoms with Crippen molar-refractivity contribution in [2.75, 3.05) is 19.8 Å². The maximum atomic E-state index is 5.66. The first-order valence-corrected chi connectivity index (χ1v) is 7.00. The summed E-state index contributed by atoms with van der Waals surface area (Å²) >= 11 is 0. The quantitative estimate of drug-likeness (QED) is 0.870. The van der Waals surface area contributed by atoms with Crippen molar-refractivity contribution in [3.63, 3.8) is 0 Å². The predicted molar refractivity (Wildman–Crippen MR) is 72.7 cm³/mol. The van der Waals surface area contributed by atoms with E-state index in [0.717, 1.165) is 38.5 Å². The Kier molecular flexibility index (Phi) is 4.40. The highest BCUT2D eigenvalue weighted by molar-refractivity contribution is 5.21. The molecule has 2 rings (SSSR count). The van der Waals surface area contributed by atoms with Gasteiger partial charge < -0.3 is 14.6 Å². The summed E-state index contributed by atoms with van der Waals surface area (Å²) < 4.78 is 8.08. The Hall–Kier alpha value is -0.870. The maximum Gasteiger partial charge on any atom is 0.106 e. The van der Waals surface area contributed by atoms with E-state index in [9.17, 15) is 0 Å². The standard InChI is InChI=1S/C14H25N3O/c1-5-18-9-14(10(2)3)17-11(4)16-12-8-15-7-6-13(12)17/h10,14-15H,5-9H2,1-4H3. The Morgan fingerprint density at radius 3 is 2.89 bits per heavy atom. The molecular formula is C14H25N3O. The molecule has 0 bridgehead atoms. The van der Waals surface area contributed by atoms with Gasteiger partial charge in [-0.05, 0) is 19.8 Å². The van der Waals surface area contributed by atoms with Crippen molar-refractivity contribution in [1.29, 1.82) is 0 Å². The third kappa shape index (κ3) is 2.59. The molecule has 1 aliphatic heterocycles. The highest BCUT2D eigenvalue weighted by Crippen LogP contribution is 2.26. The molecule has 0 fully saturated rings. The third-order valence-corrected chi connectivity index (χ3v) is 3.69. The Labute approximate surface area is 110 Å². The van der Waals surface area contributed by atoms with Crippen LogP contribution in [0.4, 0.5) is 0 Å². The van der Waals surface area contributed by atoms with Gasteiger partial charge in [0, 0.05) is 31.8 Å². The summed E-state index contributed by atoms with van der Waals surface area (Å²) in [7, 11) is 0. The van der Waals surface area contributed by atoms with Gasteiger partial charge in [-0.25, -0.2) is 4.98 Å². The summed E-state index contributed by atoms with van der Waals surface area (Å²) in [4.78, 5) is 4.71. The number of fused-ring (bicyclic) bond motifs is 1. The summed E-state index contributed by atoms with van der Waals surface area (Å²) in [5, 5.41) is 3.39. The van der Waals surface area contributed by atoms with E-state index in [2.05, 4.69) is 37.6 Å². The fraction of sp³-hybridized carbons (Fsp3) is 0.786. The van der Waals surface area contributed by atoms with Crippen LogP contribution in [0, 0.1) is 12.8 Å². The molecule has 0 amide bonds. The zero-order valence-corrected chi connectivity index (χ0v) is 12.0. The summed E-state index contributed by atoms with van der Waals surface area (Å²) in [5.74, 6) is 1.69. The Bertz CT molecular complexity index is 398. The molecule has 2 heterocycles. The number of aromatic nitrogens is 2. The number of nitrogens with zero attached hydrogens (tertiary/aromatic N) is 2. The zero-order valence-electron chi connectivity index (χ0n) is 12.0. The second-order valence-electron chi connectivity index (χ2n) is 5.32. The number of hydrogen-bond acceptors (Lipinski definition) is 3. The Morgan fingerprint density at radius 2 is 2.22 bits per heavy atom. The molecule has 1 aromatic rings. The molecule has 1 aliphatic rings. The smallest absolute Gasteiger partial charge is 0.106 e. The van der Waals surface area contributed by atoms with E-state index in [0.29, 0.717) is 12.0 Å². The molecule has 0 radical (unpaired) electrons. The molecule has 4 heteroatoms. The molecule has 1 unspecified atom stereocenters. The lowest BCUT2D eigenvalue weighted by Crippen LogP contribution is -2.29. The van der Waals surface area contributed by atoms with E-state index in [1.54, 1.807) is 0 Å². The number of aryl methyl sites for hydroxylation is 1. The van der Waals surface area contributed by atoms with E-state index in [1.807, 2.05) is 0 Å². The molecular weight excluding hydrogens is 226 g/mol. The van der Waals surface area contributed by atoms with Crippen LogP contribution >= 0.6 is 0 Å². The van der Waals surface area contributed by atoms with Crippen molar-refractivity contribution in [2.45, 2.75) is 46.7 Å². The fourth-order valence-corrected chi connectivity index (χ4v) is 2.71. The fourth-order valence-electron chi connectivity index (χ4n) is 2.71. The van der Waals surface area contributed by atoms with Gasteiger partial charge in [-0.3, -0.25) is 0 Å². The summed E-state index contributed by atoms with van der Waals surface area (Å²) in [5.41, 5.74) is 2.63. The highest BCUT2D eigenvalue weighted by atomic mass is 16.5. The molecule has 0 aliphatic carbocycles. The minimum atomic E-state index is 0.402. The second kappa shape index (κ2) is 5.85. The topological polar surface area (TPSA) is 39.1 Å². The number of ether oxygens (including phenoxy) is 1. The SMILES string of the molecule is CCOCC(C(C)C)n1c(C)nc2c1CCNC2. The second-order valence-corrected chi connectivity index (χ2v) is 5.32. The van der Waals surface area contributed by atoms with E-state index in [4.69, 9.17) is 9.72 Å². The highest BCUT2D eigenvalue weighted by Gasteiger charge is 2.25. The monoisotopic (exact) mass is 251 g/mol. The van der Waals surface area contributed by atoms with Gasteiger partial charge in [0.1, 0.15) is 5.82 Å². The van der Waals surface area contributed by atoms with Crippen LogP contribution in [0.2, 0.25) is 0 Å². The molecule has 0 saturated carbocycles. The average molecular weight is 251 g/mol. The summed E-state index contributed by atoms with van der Waals surface area (Å²) in [6.07, 6.45) is 1.07. The van der Waals surface area contributed by atoms with Gasteiger partial charge in [0.15, 0.2) is 0 Å². The van der Waals surface area contributed by atoms with Crippen LogP contribution in [-0.2, 0) is 17.7 Å². The molecule has 1 N–H and O–H groups in total. The van der Waals surface area contributed by atoms with Crippen molar-refractivity contribution in [3.8, 4) is 0 Å². The molecule has 0 spiro atoms. The lowest BCUT2D eigenvalue weighted by atomic mass is 10.0. The van der Waals surface area contributed by atoms with Gasteiger partial charge in [0.25, 0.3) is 0 Å². The van der Waals surface area contributed by atoms with Crippen LogP contribution < -0.4 is 5.32 Å². The van der Waals surface area contributed by atoms with Gasteiger partial charge in [0.2, 0.25) is 0 Å². The molecule has 0 saturated heterocycles. The lowest BCUT2D eigenvalue weighted by molar-refractivity contribution is 0.0944. The van der Waals surface area contributed by atoms with Crippen molar-refractivity contribution < 1.29 is 4.74 Å². The lowest BCUT2D eigenvalue weighted by Gasteiger charge is -2.27. The van der Waals surface area contributed by atoms with Crippen molar-refractivity contribution in [1.82, 2.24) is 14.9 Å². The molecule has 18 heavy (non-hydrogen) atoms. The molecule has 4 nitrogen and oxygen atoms in total. The molecule has 1 aromatic heterocycles. The van der Waals surface area contributed by atoms with Gasteiger partial charge in [-0.15, -0.1) is 0 Å². The van der Waals surface area contributed by atoms with Crippen molar-refractivity contribution in [2.24, 2.45) is 5.92 Å². The van der Waals surface area contributed by atoms with Crippen LogP contribution in [0.3, 0.4) is 0 Å². The van der Waals surface area contributed by atoms with Crippen molar-refractivity contribution in [3.05, 3.63) is 17.2 Å². The minimum Gasteiger partial charge on any atom is -0.380 e. The van der Waals surface area contributed by atoms with Gasteiger partial charge >= 0.3 is 0 Å². The average Bonchev–Trinajstić information content (AvgIpc) is 2.66. The van der Waals surface area contributed by atoms with Gasteiger partial charge in [-0.1, -0.05) is 13.8 Å². The van der Waals surface area contributed by atoms with Crippen molar-refractivity contribution >= 4 is 0 Å². The molecule has 102 valence electrons. The predicted octanol–water partition coefficient (Wildman–Crippen LogP) is 2.07. The summed E-state index contributed by atoms with van der Waals surface area (Å²) in [6.45, 7) is 12.2. The van der Waals surface area contributed by atoms with E-state index in [1.165, 1.54) is 11.4 Å². The molecule has 0 aromatic carbocycles. The third-order valence-electron chi connectivity index (χ3n) is 3.69. The van der Waals surface area contributed by atoms with Crippen LogP contribution in [0.25, 0.3) is 0 Å². The normalized spacial score (nSPS) is 16.9. The van der Waals surface area contributed by atoms with E-state index >= 15 is 0 Å². The van der Waals surface area contributed by atoms with Crippen LogP contribution in [0.15, 0.2) is 0 Å². The largest absolute Gasteiger partial charge is 0.380 e. The van der Waals surface area contributed by atoms with Crippen LogP contribution in [0.1, 0.15) is 44.0 Å². The van der Waals surface area contributed by atoms with Crippen LogP contribution in [-0.4, -0.2) is 29.3 Å². The maximum absolute atomic E-state index is 5.66. The first-order valence-electron chi connectivity index (χ1n) is 7.00. The summed E-state index contributed by atoms with van der Waals surface area (Å²) in [6, 6.07) is 0.402. The molecule has 1 atom stereocenters. The van der Waals surface area contributed by atoms with Gasteiger partial charge in [-0.2, -0.15) is 0 Å². The van der Waals surface area contributed by atoms with Gasteiger partial charge in [0.05, 0.1) is 18.3 Å². The number of hydrogen-bond donors (Lipinski definition) is 1. The number of rotatable bonds is 5. The number of nitrogens with one attached hydrogen (secondary N) is 1. The van der Waals surface area contributed by atoms with E-state index < -0.39 is 0 Å².